The van der Waals surface area contributed by atoms with Crippen molar-refractivity contribution in [1.29, 1.82) is 0 Å². The molecule has 2 aromatic carbocycles. The van der Waals surface area contributed by atoms with Gasteiger partial charge < -0.3 is 24.6 Å². The number of anilines is 2. The lowest BCUT2D eigenvalue weighted by Crippen LogP contribution is -2.38. The van der Waals surface area contributed by atoms with E-state index in [1.54, 1.807) is 19.5 Å². The van der Waals surface area contributed by atoms with Crippen molar-refractivity contribution >= 4 is 17.6 Å². The number of rotatable bonds is 10. The smallest absolute Gasteiger partial charge is 0.299 e. The highest BCUT2D eigenvalue weighted by molar-refractivity contribution is 5.76. The molecule has 0 aliphatic rings. The van der Waals surface area contributed by atoms with Crippen LogP contribution in [0.5, 0.6) is 5.75 Å². The van der Waals surface area contributed by atoms with E-state index in [9.17, 15) is 4.79 Å². The van der Waals surface area contributed by atoms with Crippen LogP contribution < -0.4 is 15.8 Å². The minimum atomic E-state index is -0.359. The number of hydrogen-bond acceptors (Lipinski definition) is 8. The molecule has 0 saturated carbocycles. The molecule has 4 aromatic rings. The number of benzene rings is 2. The Morgan fingerprint density at radius 1 is 1.15 bits per heavy atom. The molecule has 34 heavy (non-hydrogen) atoms. The molecule has 3 N–H and O–H groups in total. The van der Waals surface area contributed by atoms with Crippen molar-refractivity contribution in [3.63, 3.8) is 0 Å². The van der Waals surface area contributed by atoms with Gasteiger partial charge in [-0.05, 0) is 31.5 Å². The van der Waals surface area contributed by atoms with Gasteiger partial charge in [0.2, 0.25) is 5.91 Å². The standard InChI is InChI=1S/C25H27N5O4/c1-16(2)30(14-24(26)31)13-17-6-4-5-7-19(17)23-12-28-25(34-23)29-18-8-9-20(21(10-18)32-3)22-11-27-15-33-22/h4-12,15-16H,13-14H2,1-3H3,(H2,26,31)(H,28,29). The van der Waals surface area contributed by atoms with Crippen LogP contribution >= 0.6 is 0 Å². The largest absolute Gasteiger partial charge is 0.496 e. The molecule has 2 heterocycles. The van der Waals surface area contributed by atoms with Crippen LogP contribution in [0, 0.1) is 0 Å². The number of hydrogen-bond donors (Lipinski definition) is 2. The monoisotopic (exact) mass is 461 g/mol. The number of aromatic nitrogens is 2. The van der Waals surface area contributed by atoms with Gasteiger partial charge in [0.05, 0.1) is 31.6 Å². The molecule has 0 radical (unpaired) electrons. The summed E-state index contributed by atoms with van der Waals surface area (Å²) in [6, 6.07) is 14.0. The number of primary amides is 1. The third-order valence-electron chi connectivity index (χ3n) is 5.40. The number of methoxy groups -OCH3 is 1. The molecule has 1 amide bonds. The van der Waals surface area contributed by atoms with E-state index in [-0.39, 0.29) is 18.5 Å². The summed E-state index contributed by atoms with van der Waals surface area (Å²) in [5, 5.41) is 3.17. The van der Waals surface area contributed by atoms with Crippen molar-refractivity contribution in [3.05, 3.63) is 66.8 Å². The number of amides is 1. The molecule has 9 heteroatoms. The molecular formula is C25H27N5O4. The van der Waals surface area contributed by atoms with Gasteiger partial charge in [-0.25, -0.2) is 9.97 Å². The normalized spacial score (nSPS) is 11.2. The summed E-state index contributed by atoms with van der Waals surface area (Å²) in [6.45, 7) is 4.80. The van der Waals surface area contributed by atoms with Gasteiger partial charge in [-0.15, -0.1) is 0 Å². The van der Waals surface area contributed by atoms with Gasteiger partial charge in [0.1, 0.15) is 5.75 Å². The molecule has 0 spiro atoms. The van der Waals surface area contributed by atoms with E-state index in [1.807, 2.05) is 61.2 Å². The number of nitrogens with zero attached hydrogens (tertiary/aromatic N) is 3. The third kappa shape index (κ3) is 5.26. The predicted molar refractivity (Wildman–Crippen MR) is 128 cm³/mol. The van der Waals surface area contributed by atoms with Crippen LogP contribution in [-0.2, 0) is 11.3 Å². The van der Waals surface area contributed by atoms with Gasteiger partial charge in [-0.3, -0.25) is 9.69 Å². The number of nitrogens with one attached hydrogen (secondary N) is 1. The van der Waals surface area contributed by atoms with Crippen LogP contribution in [0.1, 0.15) is 19.4 Å². The van der Waals surface area contributed by atoms with Crippen molar-refractivity contribution in [1.82, 2.24) is 14.9 Å². The lowest BCUT2D eigenvalue weighted by Gasteiger charge is -2.25. The zero-order valence-electron chi connectivity index (χ0n) is 19.3. The molecule has 0 aliphatic carbocycles. The number of nitrogens with two attached hydrogens (primary N) is 1. The first-order chi connectivity index (χ1) is 16.4. The Bertz CT molecular complexity index is 1250. The second kappa shape index (κ2) is 10.2. The van der Waals surface area contributed by atoms with Crippen molar-refractivity contribution < 1.29 is 18.4 Å². The highest BCUT2D eigenvalue weighted by Crippen LogP contribution is 2.34. The Morgan fingerprint density at radius 2 is 1.97 bits per heavy atom. The van der Waals surface area contributed by atoms with E-state index >= 15 is 0 Å². The SMILES string of the molecule is COc1cc(Nc2ncc(-c3ccccc3CN(CC(N)=O)C(C)C)o2)ccc1-c1cnco1. The van der Waals surface area contributed by atoms with E-state index in [4.69, 9.17) is 19.3 Å². The predicted octanol–water partition coefficient (Wildman–Crippen LogP) is 4.44. The summed E-state index contributed by atoms with van der Waals surface area (Å²) in [5.74, 6) is 1.50. The van der Waals surface area contributed by atoms with E-state index in [0.717, 1.165) is 22.4 Å². The highest BCUT2D eigenvalue weighted by Gasteiger charge is 2.17. The summed E-state index contributed by atoms with van der Waals surface area (Å²) in [5.41, 5.74) is 8.88. The molecule has 0 saturated heterocycles. The quantitative estimate of drug-likeness (QED) is 0.356. The number of ether oxygens (including phenoxy) is 1. The zero-order chi connectivity index (χ0) is 24.1. The van der Waals surface area contributed by atoms with Gasteiger partial charge >= 0.3 is 0 Å². The summed E-state index contributed by atoms with van der Waals surface area (Å²) in [6.07, 6.45) is 4.68. The van der Waals surface area contributed by atoms with Crippen LogP contribution in [0.3, 0.4) is 0 Å². The number of carbonyl (C=O) groups excluding carboxylic acids is 1. The number of oxazole rings is 2. The fourth-order valence-corrected chi connectivity index (χ4v) is 3.64. The lowest BCUT2D eigenvalue weighted by atomic mass is 10.0. The molecule has 0 aliphatic heterocycles. The van der Waals surface area contributed by atoms with E-state index < -0.39 is 0 Å². The van der Waals surface area contributed by atoms with Gasteiger partial charge in [-0.1, -0.05) is 24.3 Å². The third-order valence-corrected chi connectivity index (χ3v) is 5.40. The van der Waals surface area contributed by atoms with Crippen LogP contribution in [-0.4, -0.2) is 40.5 Å². The van der Waals surface area contributed by atoms with Crippen LogP contribution in [0.4, 0.5) is 11.7 Å². The van der Waals surface area contributed by atoms with Crippen LogP contribution in [0.25, 0.3) is 22.6 Å². The van der Waals surface area contributed by atoms with Gasteiger partial charge in [0.25, 0.3) is 6.01 Å². The van der Waals surface area contributed by atoms with Crippen molar-refractivity contribution in [2.75, 3.05) is 19.0 Å². The van der Waals surface area contributed by atoms with Gasteiger partial charge in [-0.2, -0.15) is 0 Å². The Balaban J connectivity index is 1.55. The Labute approximate surface area is 197 Å². The molecule has 9 nitrogen and oxygen atoms in total. The molecule has 0 atom stereocenters. The average molecular weight is 462 g/mol. The van der Waals surface area contributed by atoms with E-state index in [2.05, 4.69) is 15.3 Å². The molecule has 0 fully saturated rings. The summed E-state index contributed by atoms with van der Waals surface area (Å²) < 4.78 is 16.9. The molecule has 4 rings (SSSR count). The molecule has 0 unspecified atom stereocenters. The van der Waals surface area contributed by atoms with Crippen molar-refractivity contribution in [3.8, 4) is 28.4 Å². The fourth-order valence-electron chi connectivity index (χ4n) is 3.64. The van der Waals surface area contributed by atoms with Gasteiger partial charge in [0.15, 0.2) is 17.9 Å². The topological polar surface area (TPSA) is 120 Å². The van der Waals surface area contributed by atoms with E-state index in [0.29, 0.717) is 29.8 Å². The summed E-state index contributed by atoms with van der Waals surface area (Å²) in [4.78, 5) is 21.8. The Kier molecular flexibility index (Phi) is 6.93. The van der Waals surface area contributed by atoms with E-state index in [1.165, 1.54) is 6.39 Å². The van der Waals surface area contributed by atoms with Crippen LogP contribution in [0.2, 0.25) is 0 Å². The van der Waals surface area contributed by atoms with Crippen LogP contribution in [0.15, 0.2) is 70.1 Å². The minimum absolute atomic E-state index is 0.155. The maximum atomic E-state index is 11.5. The fraction of sp³-hybridized carbons (Fsp3) is 0.240. The first kappa shape index (κ1) is 23.1. The first-order valence-corrected chi connectivity index (χ1v) is 10.8. The zero-order valence-corrected chi connectivity index (χ0v) is 19.3. The average Bonchev–Trinajstić information content (AvgIpc) is 3.51. The maximum absolute atomic E-state index is 11.5. The van der Waals surface area contributed by atoms with Crippen molar-refractivity contribution in [2.45, 2.75) is 26.4 Å². The summed E-state index contributed by atoms with van der Waals surface area (Å²) >= 11 is 0. The van der Waals surface area contributed by atoms with Gasteiger partial charge in [0, 0.05) is 29.9 Å². The molecule has 2 aromatic heterocycles. The Hall–Kier alpha value is -4.11. The van der Waals surface area contributed by atoms with Crippen molar-refractivity contribution in [2.24, 2.45) is 5.73 Å². The molecule has 176 valence electrons. The molecular weight excluding hydrogens is 434 g/mol. The minimum Gasteiger partial charge on any atom is -0.496 e. The summed E-state index contributed by atoms with van der Waals surface area (Å²) in [7, 11) is 1.60. The lowest BCUT2D eigenvalue weighted by molar-refractivity contribution is -0.119. The second-order valence-electron chi connectivity index (χ2n) is 8.06. The molecule has 0 bridgehead atoms. The maximum Gasteiger partial charge on any atom is 0.299 e. The first-order valence-electron chi connectivity index (χ1n) is 10.8. The highest BCUT2D eigenvalue weighted by atomic mass is 16.5. The number of carbonyl (C=O) groups is 1. The Morgan fingerprint density at radius 3 is 2.68 bits per heavy atom. The second-order valence-corrected chi connectivity index (χ2v) is 8.06.